The molecule has 136 valence electrons. The van der Waals surface area contributed by atoms with Crippen LogP contribution < -0.4 is 10.1 Å². The standard InChI is InChI=1S/C21H31N3O/c1-15-11-17-18(22)13-21(7-9-24(2)10-8-21)25-20(17)19(12-15)23-14-16-5-3-4-6-16/h11-12,16,22-23H,3-10,13-14H2,1-2H3. The average molecular weight is 341 g/mol. The summed E-state index contributed by atoms with van der Waals surface area (Å²) in [5.74, 6) is 1.72. The molecule has 4 nitrogen and oxygen atoms in total. The van der Waals surface area contributed by atoms with E-state index in [0.29, 0.717) is 0 Å². The van der Waals surface area contributed by atoms with Gasteiger partial charge in [0.2, 0.25) is 0 Å². The lowest BCUT2D eigenvalue weighted by molar-refractivity contribution is 0.0102. The highest BCUT2D eigenvalue weighted by Gasteiger charge is 2.42. The Morgan fingerprint density at radius 1 is 1.24 bits per heavy atom. The molecule has 2 fully saturated rings. The summed E-state index contributed by atoms with van der Waals surface area (Å²) in [4.78, 5) is 2.36. The fourth-order valence-electron chi connectivity index (χ4n) is 4.68. The van der Waals surface area contributed by atoms with Crippen molar-refractivity contribution >= 4 is 11.4 Å². The van der Waals surface area contributed by atoms with Gasteiger partial charge in [0, 0.05) is 50.2 Å². The lowest BCUT2D eigenvalue weighted by Crippen LogP contribution is -2.50. The topological polar surface area (TPSA) is 48.4 Å². The Morgan fingerprint density at radius 2 is 1.96 bits per heavy atom. The fraction of sp³-hybridized carbons (Fsp3) is 0.667. The van der Waals surface area contributed by atoms with Gasteiger partial charge in [0.05, 0.1) is 5.69 Å². The monoisotopic (exact) mass is 341 g/mol. The summed E-state index contributed by atoms with van der Waals surface area (Å²) >= 11 is 0. The molecule has 0 aromatic heterocycles. The van der Waals surface area contributed by atoms with Gasteiger partial charge in [0.1, 0.15) is 5.60 Å². The first kappa shape index (κ1) is 16.9. The molecular weight excluding hydrogens is 310 g/mol. The maximum Gasteiger partial charge on any atom is 0.152 e. The zero-order chi connectivity index (χ0) is 17.4. The third-order valence-electron chi connectivity index (χ3n) is 6.33. The second kappa shape index (κ2) is 6.64. The minimum Gasteiger partial charge on any atom is -0.484 e. The highest BCUT2D eigenvalue weighted by molar-refractivity contribution is 6.04. The van der Waals surface area contributed by atoms with Crippen LogP contribution >= 0.6 is 0 Å². The molecule has 0 amide bonds. The average Bonchev–Trinajstić information content (AvgIpc) is 3.10. The maximum absolute atomic E-state index is 8.65. The fourth-order valence-corrected chi connectivity index (χ4v) is 4.68. The van der Waals surface area contributed by atoms with E-state index in [1.807, 2.05) is 0 Å². The van der Waals surface area contributed by atoms with Gasteiger partial charge < -0.3 is 20.4 Å². The minimum atomic E-state index is -0.171. The Labute approximate surface area is 151 Å². The Bertz CT molecular complexity index is 655. The quantitative estimate of drug-likeness (QED) is 0.866. The van der Waals surface area contributed by atoms with Crippen molar-refractivity contribution in [2.45, 2.75) is 57.5 Å². The van der Waals surface area contributed by atoms with E-state index in [1.165, 1.54) is 31.2 Å². The Kier molecular flexibility index (Phi) is 4.48. The van der Waals surface area contributed by atoms with Crippen LogP contribution in [-0.4, -0.2) is 42.9 Å². The molecule has 1 aromatic rings. The van der Waals surface area contributed by atoms with Crippen molar-refractivity contribution < 1.29 is 4.74 Å². The van der Waals surface area contributed by atoms with E-state index in [4.69, 9.17) is 10.1 Å². The molecule has 1 saturated carbocycles. The number of hydrogen-bond acceptors (Lipinski definition) is 4. The van der Waals surface area contributed by atoms with Crippen LogP contribution in [0.1, 0.15) is 56.1 Å². The molecule has 25 heavy (non-hydrogen) atoms. The van der Waals surface area contributed by atoms with Gasteiger partial charge in [0.25, 0.3) is 0 Å². The molecule has 2 heterocycles. The highest BCUT2D eigenvalue weighted by Crippen LogP contribution is 2.43. The lowest BCUT2D eigenvalue weighted by Gasteiger charge is -2.44. The van der Waals surface area contributed by atoms with Crippen molar-refractivity contribution in [3.63, 3.8) is 0 Å². The highest BCUT2D eigenvalue weighted by atomic mass is 16.5. The number of ether oxygens (including phenoxy) is 1. The first-order valence-electron chi connectivity index (χ1n) is 9.89. The van der Waals surface area contributed by atoms with Gasteiger partial charge in [0.15, 0.2) is 5.75 Å². The van der Waals surface area contributed by atoms with Crippen molar-refractivity contribution in [2.75, 3.05) is 32.0 Å². The van der Waals surface area contributed by atoms with Gasteiger partial charge in [-0.15, -0.1) is 0 Å². The maximum atomic E-state index is 8.65. The third-order valence-corrected chi connectivity index (χ3v) is 6.33. The second-order valence-corrected chi connectivity index (χ2v) is 8.46. The van der Waals surface area contributed by atoms with Gasteiger partial charge in [-0.3, -0.25) is 0 Å². The van der Waals surface area contributed by atoms with E-state index in [-0.39, 0.29) is 5.60 Å². The number of nitrogens with zero attached hydrogens (tertiary/aromatic N) is 1. The van der Waals surface area contributed by atoms with Crippen LogP contribution in [0.5, 0.6) is 5.75 Å². The number of benzene rings is 1. The van der Waals surface area contributed by atoms with Crippen molar-refractivity contribution in [1.82, 2.24) is 4.90 Å². The number of likely N-dealkylation sites (tertiary alicyclic amines) is 1. The van der Waals surface area contributed by atoms with Crippen molar-refractivity contribution in [1.29, 1.82) is 5.41 Å². The van der Waals surface area contributed by atoms with Crippen LogP contribution in [0.15, 0.2) is 12.1 Å². The number of rotatable bonds is 3. The van der Waals surface area contributed by atoms with Crippen LogP contribution in [0.3, 0.4) is 0 Å². The number of hydrogen-bond donors (Lipinski definition) is 2. The predicted octanol–water partition coefficient (Wildman–Crippen LogP) is 4.21. The van der Waals surface area contributed by atoms with Crippen LogP contribution in [-0.2, 0) is 0 Å². The summed E-state index contributed by atoms with van der Waals surface area (Å²) in [6, 6.07) is 4.33. The summed E-state index contributed by atoms with van der Waals surface area (Å²) in [7, 11) is 2.17. The van der Waals surface area contributed by atoms with Gasteiger partial charge >= 0.3 is 0 Å². The van der Waals surface area contributed by atoms with Crippen molar-refractivity contribution in [3.05, 3.63) is 23.3 Å². The Morgan fingerprint density at radius 3 is 2.68 bits per heavy atom. The van der Waals surface area contributed by atoms with Gasteiger partial charge in [-0.05, 0) is 50.4 Å². The van der Waals surface area contributed by atoms with Crippen LogP contribution in [0, 0.1) is 18.3 Å². The number of aryl methyl sites for hydroxylation is 1. The Hall–Kier alpha value is -1.55. The normalized spacial score (nSPS) is 23.5. The largest absolute Gasteiger partial charge is 0.484 e. The SMILES string of the molecule is Cc1cc(NCC2CCCC2)c2c(c1)C(=N)CC1(CCN(C)CC1)O2. The smallest absolute Gasteiger partial charge is 0.152 e. The minimum absolute atomic E-state index is 0.171. The molecule has 2 N–H and O–H groups in total. The summed E-state index contributed by atoms with van der Waals surface area (Å²) in [6.07, 6.45) is 8.20. The van der Waals surface area contributed by atoms with Gasteiger partial charge in [-0.25, -0.2) is 0 Å². The van der Waals surface area contributed by atoms with E-state index in [2.05, 4.69) is 36.3 Å². The molecule has 2 aliphatic heterocycles. The van der Waals surface area contributed by atoms with Crippen LogP contribution in [0.4, 0.5) is 5.69 Å². The van der Waals surface area contributed by atoms with E-state index in [1.54, 1.807) is 0 Å². The molecule has 4 rings (SSSR count). The van der Waals surface area contributed by atoms with E-state index in [0.717, 1.165) is 67.5 Å². The van der Waals surface area contributed by atoms with Gasteiger partial charge in [-0.2, -0.15) is 0 Å². The Balaban J connectivity index is 1.60. The van der Waals surface area contributed by atoms with Crippen LogP contribution in [0.2, 0.25) is 0 Å². The molecule has 1 spiro atoms. The zero-order valence-electron chi connectivity index (χ0n) is 15.7. The number of anilines is 1. The zero-order valence-corrected chi connectivity index (χ0v) is 15.7. The molecule has 1 aromatic carbocycles. The molecule has 0 radical (unpaired) electrons. The molecule has 0 atom stereocenters. The first-order chi connectivity index (χ1) is 12.0. The third kappa shape index (κ3) is 3.41. The van der Waals surface area contributed by atoms with E-state index < -0.39 is 0 Å². The second-order valence-electron chi connectivity index (χ2n) is 8.46. The van der Waals surface area contributed by atoms with E-state index in [9.17, 15) is 0 Å². The lowest BCUT2D eigenvalue weighted by atomic mass is 9.81. The molecule has 0 bridgehead atoms. The number of fused-ring (bicyclic) bond motifs is 1. The number of piperidine rings is 1. The molecule has 0 unspecified atom stereocenters. The molecule has 4 heteroatoms. The summed E-state index contributed by atoms with van der Waals surface area (Å²) in [6.45, 7) is 5.26. The van der Waals surface area contributed by atoms with E-state index >= 15 is 0 Å². The van der Waals surface area contributed by atoms with Crippen molar-refractivity contribution in [2.24, 2.45) is 5.92 Å². The molecule has 1 saturated heterocycles. The summed E-state index contributed by atoms with van der Waals surface area (Å²) in [5.41, 5.74) is 3.89. The van der Waals surface area contributed by atoms with Crippen LogP contribution in [0.25, 0.3) is 0 Å². The summed E-state index contributed by atoms with van der Waals surface area (Å²) in [5, 5.41) is 12.3. The van der Waals surface area contributed by atoms with Crippen molar-refractivity contribution in [3.8, 4) is 5.75 Å². The molecule has 3 aliphatic rings. The summed E-state index contributed by atoms with van der Waals surface area (Å²) < 4.78 is 6.65. The number of nitrogens with one attached hydrogen (secondary N) is 2. The van der Waals surface area contributed by atoms with Gasteiger partial charge in [-0.1, -0.05) is 12.8 Å². The predicted molar refractivity (Wildman–Crippen MR) is 103 cm³/mol. The first-order valence-corrected chi connectivity index (χ1v) is 9.89. The molecule has 1 aliphatic carbocycles. The molecular formula is C21H31N3O.